The Kier molecular flexibility index (Phi) is 6.67. The van der Waals surface area contributed by atoms with Gasteiger partial charge in [0.1, 0.15) is 35.9 Å². The molecule has 3 unspecified atom stereocenters. The maximum atomic E-state index is 12.0. The molecule has 196 valence electrons. The van der Waals surface area contributed by atoms with Crippen molar-refractivity contribution in [2.24, 2.45) is 16.5 Å². The summed E-state index contributed by atoms with van der Waals surface area (Å²) in [7, 11) is -5.26. The molecule has 0 amide bonds. The van der Waals surface area contributed by atoms with Gasteiger partial charge in [0.25, 0.3) is 0 Å². The molecular weight excluding hydrogens is 503 g/mol. The molecule has 6 atom stereocenters. The number of phenols is 1. The second kappa shape index (κ2) is 9.19. The highest BCUT2D eigenvalue weighted by Gasteiger charge is 2.64. The maximum absolute atomic E-state index is 12.0. The number of anilines is 1. The van der Waals surface area contributed by atoms with Crippen LogP contribution in [0.15, 0.2) is 29.5 Å². The van der Waals surface area contributed by atoms with E-state index in [1.165, 1.54) is 29.4 Å². The molecule has 11 N–H and O–H groups in total. The molecule has 17 heteroatoms. The standard InChI is InChI=1S/C19H25N6O10P/c20-9(18(30)31)3-8-1-2-11(27)10(4-8)24-7-23-16-12(15(24)21)22-6-25(16)17-13(28)14(29)19(5-26,35-17)36(32,33)34/h1-2,4,6-7,9,13-15,17,26-29H,3,5,20-21H2,(H,30,31)(H2,32,33,34)/t9-,13?,14?,15?,17+,19-/m0/s1. The summed E-state index contributed by atoms with van der Waals surface area (Å²) in [6.07, 6.45) is -4.31. The van der Waals surface area contributed by atoms with Crippen molar-refractivity contribution in [3.8, 4) is 5.75 Å². The summed E-state index contributed by atoms with van der Waals surface area (Å²) >= 11 is 0. The number of aliphatic hydroxyl groups is 3. The summed E-state index contributed by atoms with van der Waals surface area (Å²) < 4.78 is 18.4. The van der Waals surface area contributed by atoms with E-state index in [1.54, 1.807) is 0 Å². The van der Waals surface area contributed by atoms with Crippen LogP contribution in [0.25, 0.3) is 0 Å². The number of phenolic OH excluding ortho intramolecular Hbond substituents is 1. The van der Waals surface area contributed by atoms with Crippen LogP contribution in [0.5, 0.6) is 5.75 Å². The summed E-state index contributed by atoms with van der Waals surface area (Å²) in [5, 5.41) is 47.1. The molecule has 1 aromatic heterocycles. The Morgan fingerprint density at radius 2 is 2.00 bits per heavy atom. The van der Waals surface area contributed by atoms with Crippen LogP contribution in [0.4, 0.5) is 11.5 Å². The molecule has 16 nitrogen and oxygen atoms in total. The Morgan fingerprint density at radius 1 is 1.31 bits per heavy atom. The maximum Gasteiger partial charge on any atom is 0.362 e. The van der Waals surface area contributed by atoms with Gasteiger partial charge < -0.3 is 56.4 Å². The molecule has 0 radical (unpaired) electrons. The van der Waals surface area contributed by atoms with E-state index in [9.17, 15) is 39.6 Å². The molecule has 2 aliphatic heterocycles. The van der Waals surface area contributed by atoms with E-state index in [0.717, 1.165) is 10.9 Å². The molecule has 1 fully saturated rings. The molecule has 0 saturated carbocycles. The zero-order valence-corrected chi connectivity index (χ0v) is 19.3. The van der Waals surface area contributed by atoms with E-state index in [-0.39, 0.29) is 29.4 Å². The zero-order chi connectivity index (χ0) is 26.6. The molecule has 2 aromatic rings. The van der Waals surface area contributed by atoms with Crippen LogP contribution in [0.2, 0.25) is 0 Å². The topological polar surface area (TPSA) is 270 Å². The van der Waals surface area contributed by atoms with Gasteiger partial charge in [-0.25, -0.2) is 9.98 Å². The number of imidazole rings is 1. The number of benzene rings is 1. The number of aliphatic hydroxyl groups excluding tert-OH is 3. The number of hydrogen-bond donors (Lipinski definition) is 9. The van der Waals surface area contributed by atoms with Crippen LogP contribution in [-0.2, 0) is 20.5 Å². The number of carboxylic acid groups (broad SMARTS) is 1. The van der Waals surface area contributed by atoms with Gasteiger partial charge in [-0.05, 0) is 24.1 Å². The second-order valence-electron chi connectivity index (χ2n) is 8.42. The van der Waals surface area contributed by atoms with Crippen LogP contribution in [0.1, 0.15) is 23.7 Å². The summed E-state index contributed by atoms with van der Waals surface area (Å²) in [4.78, 5) is 40.1. The van der Waals surface area contributed by atoms with Gasteiger partial charge in [0.05, 0.1) is 25.0 Å². The van der Waals surface area contributed by atoms with Crippen molar-refractivity contribution in [2.45, 2.75) is 42.4 Å². The van der Waals surface area contributed by atoms with Crippen LogP contribution < -0.4 is 16.4 Å². The summed E-state index contributed by atoms with van der Waals surface area (Å²) in [5.41, 5.74) is 12.7. The Balaban J connectivity index is 1.66. The normalized spacial score (nSPS) is 28.8. The number of carbonyl (C=O) groups is 1. The van der Waals surface area contributed by atoms with Gasteiger partial charge in [0, 0.05) is 0 Å². The number of carboxylic acids is 1. The van der Waals surface area contributed by atoms with Crippen molar-refractivity contribution in [2.75, 3.05) is 11.5 Å². The Morgan fingerprint density at radius 3 is 2.58 bits per heavy atom. The minimum absolute atomic E-state index is 0.0197. The lowest BCUT2D eigenvalue weighted by Gasteiger charge is -2.31. The number of fused-ring (bicyclic) bond motifs is 1. The van der Waals surface area contributed by atoms with E-state index < -0.39 is 56.2 Å². The largest absolute Gasteiger partial charge is 0.506 e. The van der Waals surface area contributed by atoms with Gasteiger partial charge in [-0.15, -0.1) is 0 Å². The molecule has 36 heavy (non-hydrogen) atoms. The first-order valence-electron chi connectivity index (χ1n) is 10.5. The molecule has 2 aliphatic rings. The van der Waals surface area contributed by atoms with Crippen molar-refractivity contribution >= 4 is 31.4 Å². The Labute approximate surface area is 202 Å². The minimum Gasteiger partial charge on any atom is -0.506 e. The highest BCUT2D eigenvalue weighted by molar-refractivity contribution is 7.53. The molecular formula is C19H25N6O10P. The number of aliphatic carboxylic acids is 1. The smallest absolute Gasteiger partial charge is 0.362 e. The third-order valence-corrected chi connectivity index (χ3v) is 7.66. The fraction of sp³-hybridized carbons (Fsp3) is 0.421. The van der Waals surface area contributed by atoms with E-state index >= 15 is 0 Å². The average molecular weight is 528 g/mol. The monoisotopic (exact) mass is 528 g/mol. The highest BCUT2D eigenvalue weighted by atomic mass is 31.2. The van der Waals surface area contributed by atoms with Crippen molar-refractivity contribution in [1.29, 1.82) is 0 Å². The molecule has 0 spiro atoms. The Bertz CT molecular complexity index is 1250. The summed E-state index contributed by atoms with van der Waals surface area (Å²) in [5.74, 6) is -1.36. The van der Waals surface area contributed by atoms with Gasteiger partial charge in [0.2, 0.25) is 5.34 Å². The van der Waals surface area contributed by atoms with E-state index in [2.05, 4.69) is 9.98 Å². The van der Waals surface area contributed by atoms with Gasteiger partial charge in [-0.2, -0.15) is 0 Å². The molecule has 4 rings (SSSR count). The minimum atomic E-state index is -5.26. The van der Waals surface area contributed by atoms with Gasteiger partial charge in [-0.1, -0.05) is 6.07 Å². The average Bonchev–Trinajstić information content (AvgIpc) is 3.35. The lowest BCUT2D eigenvalue weighted by atomic mass is 10.0. The van der Waals surface area contributed by atoms with E-state index in [4.69, 9.17) is 21.3 Å². The van der Waals surface area contributed by atoms with E-state index in [1.807, 2.05) is 0 Å². The second-order valence-corrected chi connectivity index (χ2v) is 10.3. The van der Waals surface area contributed by atoms with Crippen LogP contribution in [0, 0.1) is 0 Å². The number of aromatic hydroxyl groups is 1. The third-order valence-electron chi connectivity index (χ3n) is 6.17. The van der Waals surface area contributed by atoms with Gasteiger partial charge >= 0.3 is 13.6 Å². The van der Waals surface area contributed by atoms with Crippen LogP contribution in [-0.4, -0.2) is 87.4 Å². The number of nitrogens with two attached hydrogens (primary N) is 2. The first-order chi connectivity index (χ1) is 16.8. The van der Waals surface area contributed by atoms with Gasteiger partial charge in [0.15, 0.2) is 12.0 Å². The van der Waals surface area contributed by atoms with Crippen LogP contribution >= 0.6 is 7.60 Å². The van der Waals surface area contributed by atoms with Gasteiger partial charge in [-0.3, -0.25) is 13.9 Å². The highest BCUT2D eigenvalue weighted by Crippen LogP contribution is 2.59. The van der Waals surface area contributed by atoms with Crippen molar-refractivity contribution < 1.29 is 49.4 Å². The number of nitrogens with zero attached hydrogens (tertiary/aromatic N) is 4. The van der Waals surface area contributed by atoms with Crippen molar-refractivity contribution in [1.82, 2.24) is 9.55 Å². The summed E-state index contributed by atoms with van der Waals surface area (Å²) in [6.45, 7) is -1.28. The molecule has 3 heterocycles. The predicted octanol–water partition coefficient (Wildman–Crippen LogP) is -2.20. The number of rotatable bonds is 7. The van der Waals surface area contributed by atoms with Crippen molar-refractivity contribution in [3.05, 3.63) is 35.8 Å². The number of ether oxygens (including phenoxy) is 1. The number of aliphatic imine (C=N–C) groups is 1. The fourth-order valence-electron chi connectivity index (χ4n) is 4.13. The van der Waals surface area contributed by atoms with Crippen molar-refractivity contribution in [3.63, 3.8) is 0 Å². The first-order valence-corrected chi connectivity index (χ1v) is 12.1. The zero-order valence-electron chi connectivity index (χ0n) is 18.4. The lowest BCUT2D eigenvalue weighted by molar-refractivity contribution is -0.138. The molecule has 0 aliphatic carbocycles. The number of aromatic nitrogens is 2. The quantitative estimate of drug-likeness (QED) is 0.173. The number of hydrogen-bond acceptors (Lipinski definition) is 12. The molecule has 1 aromatic carbocycles. The SMILES string of the molecule is NC1c2ncn([C@@H]3O[C@@](CO)(P(=O)(O)O)C(O)C3O)c2N=CN1c1cc(C[C@H](N)C(=O)O)ccc1O. The molecule has 0 bridgehead atoms. The fourth-order valence-corrected chi connectivity index (χ4v) is 5.06. The molecule has 1 saturated heterocycles. The predicted molar refractivity (Wildman–Crippen MR) is 121 cm³/mol. The van der Waals surface area contributed by atoms with E-state index in [0.29, 0.717) is 5.56 Å². The third kappa shape index (κ3) is 4.07. The lowest BCUT2D eigenvalue weighted by Crippen LogP contribution is -2.45. The Hall–Kier alpha value is -2.92. The summed E-state index contributed by atoms with van der Waals surface area (Å²) in [6, 6.07) is 3.17. The van der Waals surface area contributed by atoms with Crippen LogP contribution in [0.3, 0.4) is 0 Å². The first kappa shape index (κ1) is 26.2.